The molecule has 3 aromatic carbocycles. The van der Waals surface area contributed by atoms with E-state index >= 15 is 0 Å². The van der Waals surface area contributed by atoms with Crippen molar-refractivity contribution in [2.75, 3.05) is 12.4 Å². The highest BCUT2D eigenvalue weighted by Crippen LogP contribution is 2.32. The Balaban J connectivity index is 1.50. The summed E-state index contributed by atoms with van der Waals surface area (Å²) in [4.78, 5) is 33.2. The SMILES string of the molecule is COc1ccc([C@@H]2C(C(=O)Nc3ccccc3C)=C(C)N=c3s/c(=C/c4cn[nH]c4-c4ccccc4)c(=O)n32)cc1. The van der Waals surface area contributed by atoms with Crippen LogP contribution in [0.5, 0.6) is 5.75 Å². The molecule has 41 heavy (non-hydrogen) atoms. The Labute approximate surface area is 240 Å². The minimum absolute atomic E-state index is 0.233. The Hall–Kier alpha value is -5.02. The molecule has 0 saturated carbocycles. The third-order valence-corrected chi connectivity index (χ3v) is 8.09. The van der Waals surface area contributed by atoms with Crippen LogP contribution in [0.3, 0.4) is 0 Å². The molecule has 8 nitrogen and oxygen atoms in total. The van der Waals surface area contributed by atoms with Gasteiger partial charge in [-0.25, -0.2) is 4.99 Å². The molecule has 6 rings (SSSR count). The zero-order chi connectivity index (χ0) is 28.5. The molecule has 2 aromatic heterocycles. The van der Waals surface area contributed by atoms with Crippen molar-refractivity contribution in [2.45, 2.75) is 19.9 Å². The summed E-state index contributed by atoms with van der Waals surface area (Å²) in [7, 11) is 1.60. The molecule has 1 aliphatic rings. The molecule has 9 heteroatoms. The van der Waals surface area contributed by atoms with E-state index < -0.39 is 6.04 Å². The van der Waals surface area contributed by atoms with E-state index in [1.54, 1.807) is 17.9 Å². The van der Waals surface area contributed by atoms with Crippen LogP contribution >= 0.6 is 11.3 Å². The van der Waals surface area contributed by atoms with Gasteiger partial charge >= 0.3 is 0 Å². The molecular formula is C32H27N5O3S. The fourth-order valence-electron chi connectivity index (χ4n) is 5.00. The number of aromatic amines is 1. The zero-order valence-electron chi connectivity index (χ0n) is 22.7. The number of methoxy groups -OCH3 is 1. The van der Waals surface area contributed by atoms with E-state index in [-0.39, 0.29) is 11.5 Å². The van der Waals surface area contributed by atoms with Gasteiger partial charge in [0.05, 0.1) is 40.8 Å². The van der Waals surface area contributed by atoms with Gasteiger partial charge in [-0.2, -0.15) is 5.10 Å². The number of aromatic nitrogens is 3. The largest absolute Gasteiger partial charge is 0.497 e. The maximum absolute atomic E-state index is 14.1. The molecule has 0 radical (unpaired) electrons. The molecule has 1 aliphatic heterocycles. The van der Waals surface area contributed by atoms with Crippen LogP contribution in [-0.4, -0.2) is 27.8 Å². The number of carbonyl (C=O) groups is 1. The Kier molecular flexibility index (Phi) is 6.94. The number of amides is 1. The molecular weight excluding hydrogens is 534 g/mol. The highest BCUT2D eigenvalue weighted by atomic mass is 32.1. The van der Waals surface area contributed by atoms with Crippen molar-refractivity contribution < 1.29 is 9.53 Å². The quantitative estimate of drug-likeness (QED) is 0.317. The number of nitrogens with zero attached hydrogens (tertiary/aromatic N) is 3. The number of nitrogens with one attached hydrogen (secondary N) is 2. The molecule has 3 heterocycles. The first-order chi connectivity index (χ1) is 19.9. The molecule has 0 spiro atoms. The van der Waals surface area contributed by atoms with Gasteiger partial charge in [0.1, 0.15) is 5.75 Å². The highest BCUT2D eigenvalue weighted by Gasteiger charge is 2.32. The van der Waals surface area contributed by atoms with Gasteiger partial charge in [0, 0.05) is 16.8 Å². The first-order valence-electron chi connectivity index (χ1n) is 13.1. The third kappa shape index (κ3) is 4.92. The average molecular weight is 562 g/mol. The van der Waals surface area contributed by atoms with Crippen molar-refractivity contribution in [1.82, 2.24) is 14.8 Å². The van der Waals surface area contributed by atoms with Gasteiger partial charge in [-0.1, -0.05) is 72.0 Å². The lowest BCUT2D eigenvalue weighted by Gasteiger charge is -2.25. The van der Waals surface area contributed by atoms with Gasteiger partial charge < -0.3 is 10.1 Å². The van der Waals surface area contributed by atoms with Crippen molar-refractivity contribution in [3.05, 3.63) is 133 Å². The Morgan fingerprint density at radius 3 is 2.49 bits per heavy atom. The second-order valence-corrected chi connectivity index (χ2v) is 10.7. The van der Waals surface area contributed by atoms with Crippen LogP contribution in [0.2, 0.25) is 0 Å². The molecule has 0 aliphatic carbocycles. The molecule has 204 valence electrons. The fourth-order valence-corrected chi connectivity index (χ4v) is 6.04. The Morgan fingerprint density at radius 1 is 1.02 bits per heavy atom. The number of rotatable bonds is 6. The van der Waals surface area contributed by atoms with E-state index in [0.29, 0.717) is 32.0 Å². The summed E-state index contributed by atoms with van der Waals surface area (Å²) >= 11 is 1.29. The lowest BCUT2D eigenvalue weighted by molar-refractivity contribution is -0.113. The second kappa shape index (κ2) is 10.9. The molecule has 5 aromatic rings. The van der Waals surface area contributed by atoms with Crippen molar-refractivity contribution in [1.29, 1.82) is 0 Å². The minimum atomic E-state index is -0.679. The molecule has 0 saturated heterocycles. The minimum Gasteiger partial charge on any atom is -0.497 e. The van der Waals surface area contributed by atoms with Crippen LogP contribution in [-0.2, 0) is 4.79 Å². The number of hydrogen-bond acceptors (Lipinski definition) is 6. The third-order valence-electron chi connectivity index (χ3n) is 7.11. The van der Waals surface area contributed by atoms with E-state index in [1.807, 2.05) is 98.8 Å². The predicted molar refractivity (Wildman–Crippen MR) is 161 cm³/mol. The number of aryl methyl sites for hydroxylation is 1. The smallest absolute Gasteiger partial charge is 0.271 e. The van der Waals surface area contributed by atoms with Crippen molar-refractivity contribution >= 4 is 29.0 Å². The van der Waals surface area contributed by atoms with Crippen LogP contribution in [0, 0.1) is 6.92 Å². The van der Waals surface area contributed by atoms with Gasteiger partial charge in [0.2, 0.25) is 0 Å². The van der Waals surface area contributed by atoms with Gasteiger partial charge in [-0.3, -0.25) is 19.3 Å². The summed E-state index contributed by atoms with van der Waals surface area (Å²) in [5.41, 5.74) is 5.71. The number of carbonyl (C=O) groups excluding carboxylic acids is 1. The van der Waals surface area contributed by atoms with Crippen molar-refractivity contribution in [3.8, 4) is 17.0 Å². The standard InChI is InChI=1S/C32H27N5O3S/c1-19-9-7-8-12-25(19)35-30(38)27-20(2)34-32-37(29(27)22-13-15-24(40-3)16-14-22)31(39)26(41-32)17-23-18-33-36-28(23)21-10-5-4-6-11-21/h4-18,29H,1-3H3,(H,33,36)(H,35,38)/b26-17+/t29-/m1/s1. The fraction of sp³-hybridized carbons (Fsp3) is 0.125. The zero-order valence-corrected chi connectivity index (χ0v) is 23.5. The van der Waals surface area contributed by atoms with Crippen LogP contribution in [0.1, 0.15) is 29.7 Å². The molecule has 1 atom stereocenters. The van der Waals surface area contributed by atoms with Crippen LogP contribution in [0.15, 0.2) is 106 Å². The predicted octanol–water partition coefficient (Wildman–Crippen LogP) is 4.58. The molecule has 1 amide bonds. The Morgan fingerprint density at radius 2 is 1.76 bits per heavy atom. The molecule has 0 fully saturated rings. The number of thiazole rings is 1. The van der Waals surface area contributed by atoms with E-state index in [1.165, 1.54) is 11.3 Å². The summed E-state index contributed by atoms with van der Waals surface area (Å²) in [5.74, 6) is 0.373. The number of allylic oxidation sites excluding steroid dienone is 1. The summed E-state index contributed by atoms with van der Waals surface area (Å²) in [5, 5.41) is 10.3. The summed E-state index contributed by atoms with van der Waals surface area (Å²) in [6.07, 6.45) is 3.53. The number of ether oxygens (including phenoxy) is 1. The number of H-pyrrole nitrogens is 1. The van der Waals surface area contributed by atoms with E-state index in [2.05, 4.69) is 15.5 Å². The highest BCUT2D eigenvalue weighted by molar-refractivity contribution is 7.07. The lowest BCUT2D eigenvalue weighted by atomic mass is 9.95. The maximum Gasteiger partial charge on any atom is 0.271 e. The number of hydrogen-bond donors (Lipinski definition) is 2. The van der Waals surface area contributed by atoms with Crippen molar-refractivity contribution in [3.63, 3.8) is 0 Å². The van der Waals surface area contributed by atoms with E-state index in [9.17, 15) is 9.59 Å². The lowest BCUT2D eigenvalue weighted by Crippen LogP contribution is -2.40. The number of fused-ring (bicyclic) bond motifs is 1. The monoisotopic (exact) mass is 561 g/mol. The summed E-state index contributed by atoms with van der Waals surface area (Å²) < 4.78 is 7.46. The number of benzene rings is 3. The maximum atomic E-state index is 14.1. The molecule has 2 N–H and O–H groups in total. The van der Waals surface area contributed by atoms with Crippen LogP contribution in [0.25, 0.3) is 17.3 Å². The van der Waals surface area contributed by atoms with Gasteiger partial charge in [-0.05, 0) is 49.2 Å². The van der Waals surface area contributed by atoms with Gasteiger partial charge in [-0.15, -0.1) is 0 Å². The number of para-hydroxylation sites is 1. The topological polar surface area (TPSA) is 101 Å². The molecule has 0 unspecified atom stereocenters. The van der Waals surface area contributed by atoms with E-state index in [0.717, 1.165) is 27.9 Å². The second-order valence-electron chi connectivity index (χ2n) is 9.69. The normalized spacial score (nSPS) is 14.9. The van der Waals surface area contributed by atoms with E-state index in [4.69, 9.17) is 9.73 Å². The first-order valence-corrected chi connectivity index (χ1v) is 13.9. The summed E-state index contributed by atoms with van der Waals surface area (Å²) in [6.45, 7) is 3.75. The summed E-state index contributed by atoms with van der Waals surface area (Å²) in [6, 6.07) is 24.2. The molecule has 0 bridgehead atoms. The Bertz CT molecular complexity index is 1970. The van der Waals surface area contributed by atoms with Gasteiger partial charge in [0.25, 0.3) is 11.5 Å². The van der Waals surface area contributed by atoms with Crippen LogP contribution < -0.4 is 24.9 Å². The van der Waals surface area contributed by atoms with Crippen molar-refractivity contribution in [2.24, 2.45) is 4.99 Å². The van der Waals surface area contributed by atoms with Crippen LogP contribution in [0.4, 0.5) is 5.69 Å². The average Bonchev–Trinajstić information content (AvgIpc) is 3.58. The number of anilines is 1. The van der Waals surface area contributed by atoms with Gasteiger partial charge in [0.15, 0.2) is 4.80 Å². The first kappa shape index (κ1) is 26.2.